The average molecular weight is 498 g/mol. The third kappa shape index (κ3) is 5.37. The number of carboxylic acid groups (broad SMARTS) is 1. The fourth-order valence-corrected chi connectivity index (χ4v) is 3.86. The number of hydrogen-bond donors (Lipinski definition) is 2. The number of aliphatic carboxylic acids is 1. The van der Waals surface area contributed by atoms with E-state index >= 15 is 0 Å². The SMILES string of the molecule is O=C(O)C=Cc1ccc(-c2ccc3ncnc(Nc4ccc(OCc5ccccc5)c(Cl)c4)c3c2)o1. The van der Waals surface area contributed by atoms with Crippen molar-refractivity contribution in [2.45, 2.75) is 6.61 Å². The maximum absolute atomic E-state index is 10.7. The zero-order valence-electron chi connectivity index (χ0n) is 18.9. The number of benzene rings is 3. The average Bonchev–Trinajstić information content (AvgIpc) is 3.37. The van der Waals surface area contributed by atoms with Gasteiger partial charge in [-0.1, -0.05) is 41.9 Å². The van der Waals surface area contributed by atoms with Crippen molar-refractivity contribution in [2.75, 3.05) is 5.32 Å². The van der Waals surface area contributed by atoms with Crippen LogP contribution in [0.2, 0.25) is 5.02 Å². The summed E-state index contributed by atoms with van der Waals surface area (Å²) in [7, 11) is 0. The standard InChI is InChI=1S/C28H20ClN3O4/c29-23-15-20(7-11-26(23)35-16-18-4-2-1-3-5-18)32-28-22-14-19(6-10-24(22)30-17-31-28)25-12-8-21(36-25)9-13-27(33)34/h1-15,17H,16H2,(H,33,34)(H,30,31,32). The first-order valence-electron chi connectivity index (χ1n) is 11.0. The predicted molar refractivity (Wildman–Crippen MR) is 139 cm³/mol. The molecule has 0 bridgehead atoms. The van der Waals surface area contributed by atoms with Crippen LogP contribution in [-0.2, 0) is 11.4 Å². The summed E-state index contributed by atoms with van der Waals surface area (Å²) in [6.45, 7) is 0.424. The maximum Gasteiger partial charge on any atom is 0.328 e. The number of halogens is 1. The molecular weight excluding hydrogens is 478 g/mol. The molecular formula is C28H20ClN3O4. The molecule has 0 fully saturated rings. The normalized spacial score (nSPS) is 11.1. The van der Waals surface area contributed by atoms with Crippen molar-refractivity contribution in [3.05, 3.63) is 108 Å². The summed E-state index contributed by atoms with van der Waals surface area (Å²) < 4.78 is 11.6. The van der Waals surface area contributed by atoms with Gasteiger partial charge in [0.1, 0.15) is 36.0 Å². The zero-order valence-corrected chi connectivity index (χ0v) is 19.6. The van der Waals surface area contributed by atoms with Crippen LogP contribution in [0.15, 0.2) is 95.7 Å². The summed E-state index contributed by atoms with van der Waals surface area (Å²) in [5.41, 5.74) is 3.36. The molecule has 2 heterocycles. The van der Waals surface area contributed by atoms with E-state index in [0.717, 1.165) is 33.8 Å². The number of fused-ring (bicyclic) bond motifs is 1. The second-order valence-corrected chi connectivity index (χ2v) is 8.28. The highest BCUT2D eigenvalue weighted by Gasteiger charge is 2.11. The van der Waals surface area contributed by atoms with Gasteiger partial charge in [0.15, 0.2) is 0 Å². The molecule has 0 spiro atoms. The van der Waals surface area contributed by atoms with E-state index in [1.807, 2.05) is 60.7 Å². The Hall–Kier alpha value is -4.62. The van der Waals surface area contributed by atoms with Crippen molar-refractivity contribution >= 4 is 46.1 Å². The van der Waals surface area contributed by atoms with Gasteiger partial charge in [-0.05, 0) is 60.2 Å². The fraction of sp³-hybridized carbons (Fsp3) is 0.0357. The second-order valence-electron chi connectivity index (χ2n) is 7.87. The highest BCUT2D eigenvalue weighted by molar-refractivity contribution is 6.32. The molecule has 3 aromatic carbocycles. The van der Waals surface area contributed by atoms with E-state index in [-0.39, 0.29) is 0 Å². The van der Waals surface area contributed by atoms with E-state index < -0.39 is 5.97 Å². The molecule has 5 rings (SSSR count). The van der Waals surface area contributed by atoms with Crippen LogP contribution in [0, 0.1) is 0 Å². The fourth-order valence-electron chi connectivity index (χ4n) is 3.63. The number of ether oxygens (including phenoxy) is 1. The van der Waals surface area contributed by atoms with Crippen LogP contribution in [0.5, 0.6) is 5.75 Å². The largest absolute Gasteiger partial charge is 0.487 e. The first kappa shape index (κ1) is 23.1. The Bertz CT molecular complexity index is 1560. The van der Waals surface area contributed by atoms with Gasteiger partial charge in [0.2, 0.25) is 0 Å². The van der Waals surface area contributed by atoms with Gasteiger partial charge in [-0.25, -0.2) is 14.8 Å². The van der Waals surface area contributed by atoms with Crippen molar-refractivity contribution in [3.63, 3.8) is 0 Å². The van der Waals surface area contributed by atoms with E-state index in [1.165, 1.54) is 12.4 Å². The molecule has 2 N–H and O–H groups in total. The first-order valence-corrected chi connectivity index (χ1v) is 11.4. The summed E-state index contributed by atoms with van der Waals surface area (Å²) in [6.07, 6.45) is 3.92. The molecule has 0 saturated heterocycles. The Morgan fingerprint density at radius 1 is 1.03 bits per heavy atom. The van der Waals surface area contributed by atoms with Gasteiger partial charge in [-0.15, -0.1) is 0 Å². The molecule has 5 aromatic rings. The van der Waals surface area contributed by atoms with Gasteiger partial charge in [0, 0.05) is 22.7 Å². The third-order valence-corrected chi connectivity index (χ3v) is 5.66. The van der Waals surface area contributed by atoms with Gasteiger partial charge in [0.05, 0.1) is 10.5 Å². The van der Waals surface area contributed by atoms with E-state index in [1.54, 1.807) is 18.2 Å². The Kier molecular flexibility index (Phi) is 6.64. The van der Waals surface area contributed by atoms with Crippen LogP contribution >= 0.6 is 11.6 Å². The van der Waals surface area contributed by atoms with Crippen molar-refractivity contribution < 1.29 is 19.1 Å². The number of nitrogens with one attached hydrogen (secondary N) is 1. The van der Waals surface area contributed by atoms with E-state index in [2.05, 4.69) is 15.3 Å². The van der Waals surface area contributed by atoms with Crippen molar-refractivity contribution in [1.29, 1.82) is 0 Å². The number of carbonyl (C=O) groups is 1. The minimum Gasteiger partial charge on any atom is -0.487 e. The molecule has 8 heteroatoms. The van der Waals surface area contributed by atoms with Crippen LogP contribution < -0.4 is 10.1 Å². The summed E-state index contributed by atoms with van der Waals surface area (Å²) in [5.74, 6) is 1.20. The molecule has 0 radical (unpaired) electrons. The second kappa shape index (κ2) is 10.3. The maximum atomic E-state index is 10.7. The highest BCUT2D eigenvalue weighted by atomic mass is 35.5. The molecule has 0 aliphatic rings. The highest BCUT2D eigenvalue weighted by Crippen LogP contribution is 2.32. The van der Waals surface area contributed by atoms with E-state index in [4.69, 9.17) is 25.9 Å². The van der Waals surface area contributed by atoms with E-state index in [9.17, 15) is 4.79 Å². The lowest BCUT2D eigenvalue weighted by molar-refractivity contribution is -0.131. The predicted octanol–water partition coefficient (Wildman–Crippen LogP) is 6.96. The molecule has 0 amide bonds. The number of carboxylic acids is 1. The summed E-state index contributed by atoms with van der Waals surface area (Å²) in [4.78, 5) is 19.5. The number of aromatic nitrogens is 2. The summed E-state index contributed by atoms with van der Waals surface area (Å²) in [5, 5.41) is 13.4. The quantitative estimate of drug-likeness (QED) is 0.223. The topological polar surface area (TPSA) is 97.5 Å². The Morgan fingerprint density at radius 2 is 1.89 bits per heavy atom. The van der Waals surface area contributed by atoms with Crippen molar-refractivity contribution in [2.24, 2.45) is 0 Å². The Labute approximate surface area is 211 Å². The summed E-state index contributed by atoms with van der Waals surface area (Å²) >= 11 is 6.48. The molecule has 7 nitrogen and oxygen atoms in total. The molecule has 0 aliphatic carbocycles. The van der Waals surface area contributed by atoms with Crippen molar-refractivity contribution in [3.8, 4) is 17.1 Å². The van der Waals surface area contributed by atoms with Gasteiger partial charge < -0.3 is 19.6 Å². The number of nitrogens with zero attached hydrogens (tertiary/aromatic N) is 2. The third-order valence-electron chi connectivity index (χ3n) is 5.37. The van der Waals surface area contributed by atoms with Crippen molar-refractivity contribution in [1.82, 2.24) is 9.97 Å². The van der Waals surface area contributed by atoms with E-state index in [0.29, 0.717) is 34.7 Å². The lowest BCUT2D eigenvalue weighted by atomic mass is 10.1. The van der Waals surface area contributed by atoms with Crippen LogP contribution in [-0.4, -0.2) is 21.0 Å². The number of rotatable bonds is 8. The minimum atomic E-state index is -1.04. The van der Waals surface area contributed by atoms with Crippen LogP contribution in [0.25, 0.3) is 28.3 Å². The van der Waals surface area contributed by atoms with Crippen LogP contribution in [0.4, 0.5) is 11.5 Å². The Morgan fingerprint density at radius 3 is 2.69 bits per heavy atom. The minimum absolute atomic E-state index is 0.424. The summed E-state index contributed by atoms with van der Waals surface area (Å²) in [6, 6.07) is 24.5. The number of anilines is 2. The van der Waals surface area contributed by atoms with Gasteiger partial charge >= 0.3 is 5.97 Å². The van der Waals surface area contributed by atoms with Gasteiger partial charge in [0.25, 0.3) is 0 Å². The van der Waals surface area contributed by atoms with Gasteiger partial charge in [-0.2, -0.15) is 0 Å². The monoisotopic (exact) mass is 497 g/mol. The first-order chi connectivity index (χ1) is 17.5. The molecule has 0 atom stereocenters. The molecule has 0 saturated carbocycles. The Balaban J connectivity index is 1.37. The molecule has 0 aliphatic heterocycles. The number of furan rings is 1. The zero-order chi connectivity index (χ0) is 24.9. The molecule has 178 valence electrons. The number of hydrogen-bond acceptors (Lipinski definition) is 6. The lowest BCUT2D eigenvalue weighted by Crippen LogP contribution is -1.98. The molecule has 36 heavy (non-hydrogen) atoms. The lowest BCUT2D eigenvalue weighted by Gasteiger charge is -2.12. The van der Waals surface area contributed by atoms with Crippen LogP contribution in [0.3, 0.4) is 0 Å². The molecule has 0 unspecified atom stereocenters. The van der Waals surface area contributed by atoms with Crippen LogP contribution in [0.1, 0.15) is 11.3 Å². The molecule has 2 aromatic heterocycles. The van der Waals surface area contributed by atoms with Gasteiger partial charge in [-0.3, -0.25) is 0 Å². The smallest absolute Gasteiger partial charge is 0.328 e.